The average molecular weight is 430 g/mol. The van der Waals surface area contributed by atoms with Gasteiger partial charge < -0.3 is 23.9 Å². The largest absolute Gasteiger partial charge is 0.497 e. The van der Waals surface area contributed by atoms with Crippen molar-refractivity contribution in [2.45, 2.75) is 0 Å². The molecular weight excluding hydrogens is 408 g/mol. The Kier molecular flexibility index (Phi) is 6.07. The smallest absolute Gasteiger partial charge is 0.256 e. The molecule has 0 fully saturated rings. The molecule has 0 radical (unpaired) electrons. The zero-order valence-electron chi connectivity index (χ0n) is 17.9. The number of amides is 1. The van der Waals surface area contributed by atoms with E-state index in [-0.39, 0.29) is 5.91 Å². The van der Waals surface area contributed by atoms with Crippen LogP contribution in [0.3, 0.4) is 0 Å². The molecular formula is C25H22N2O5. The van der Waals surface area contributed by atoms with E-state index in [2.05, 4.69) is 10.3 Å². The van der Waals surface area contributed by atoms with E-state index in [9.17, 15) is 4.79 Å². The molecule has 4 rings (SSSR count). The third-order valence-corrected chi connectivity index (χ3v) is 4.94. The lowest BCUT2D eigenvalue weighted by Crippen LogP contribution is -2.14. The Morgan fingerprint density at radius 1 is 0.875 bits per heavy atom. The second-order valence-corrected chi connectivity index (χ2v) is 6.82. The van der Waals surface area contributed by atoms with Crippen LogP contribution in [0.1, 0.15) is 10.4 Å². The molecule has 0 saturated carbocycles. The summed E-state index contributed by atoms with van der Waals surface area (Å²) in [6.07, 6.45) is 1.64. The first-order valence-corrected chi connectivity index (χ1v) is 9.86. The molecule has 7 nitrogen and oxygen atoms in total. The lowest BCUT2D eigenvalue weighted by atomic mass is 10.1. The van der Waals surface area contributed by atoms with Crippen LogP contribution >= 0.6 is 0 Å². The van der Waals surface area contributed by atoms with Gasteiger partial charge in [-0.1, -0.05) is 12.1 Å². The minimum absolute atomic E-state index is 0.323. The number of carbonyl (C=O) groups excluding carboxylic acids is 1. The lowest BCUT2D eigenvalue weighted by Gasteiger charge is -2.13. The quantitative estimate of drug-likeness (QED) is 0.429. The molecule has 0 atom stereocenters. The van der Waals surface area contributed by atoms with Gasteiger partial charge in [-0.15, -0.1) is 0 Å². The second-order valence-electron chi connectivity index (χ2n) is 6.82. The van der Waals surface area contributed by atoms with Gasteiger partial charge in [0.05, 0.1) is 38.8 Å². The fourth-order valence-electron chi connectivity index (χ4n) is 3.26. The van der Waals surface area contributed by atoms with E-state index in [0.29, 0.717) is 40.0 Å². The number of nitrogens with one attached hydrogen (secondary N) is 1. The summed E-state index contributed by atoms with van der Waals surface area (Å²) in [5.74, 6) is 2.49. The standard InChI is InChI=1S/C25H22N2O5/c1-29-17-10-8-16(9-11-17)23-15-26-25(32-23)20-7-5-4-6-19(20)24(28)27-21-14-18(30-2)12-13-22(21)31-3/h4-15H,1-3H3,(H,27,28). The van der Waals surface area contributed by atoms with Crippen LogP contribution in [-0.4, -0.2) is 32.2 Å². The summed E-state index contributed by atoms with van der Waals surface area (Å²) in [4.78, 5) is 17.5. The number of rotatable bonds is 7. The molecule has 0 saturated heterocycles. The van der Waals surface area contributed by atoms with E-state index in [1.165, 1.54) is 0 Å². The van der Waals surface area contributed by atoms with Crippen molar-refractivity contribution < 1.29 is 23.4 Å². The Bertz CT molecular complexity index is 1230. The molecule has 3 aromatic carbocycles. The first-order valence-electron chi connectivity index (χ1n) is 9.86. The highest BCUT2D eigenvalue weighted by Gasteiger charge is 2.18. The van der Waals surface area contributed by atoms with Gasteiger partial charge in [-0.25, -0.2) is 4.98 Å². The van der Waals surface area contributed by atoms with E-state index < -0.39 is 0 Å². The van der Waals surface area contributed by atoms with Gasteiger partial charge in [0.2, 0.25) is 5.89 Å². The van der Waals surface area contributed by atoms with Crippen molar-refractivity contribution in [2.24, 2.45) is 0 Å². The Labute approximate surface area is 185 Å². The summed E-state index contributed by atoms with van der Waals surface area (Å²) in [6.45, 7) is 0. The van der Waals surface area contributed by atoms with Crippen LogP contribution in [0.25, 0.3) is 22.8 Å². The van der Waals surface area contributed by atoms with Crippen molar-refractivity contribution in [1.82, 2.24) is 4.98 Å². The van der Waals surface area contributed by atoms with Gasteiger partial charge in [0, 0.05) is 17.2 Å². The summed E-state index contributed by atoms with van der Waals surface area (Å²) in [5.41, 5.74) is 2.35. The highest BCUT2D eigenvalue weighted by atomic mass is 16.5. The summed E-state index contributed by atoms with van der Waals surface area (Å²) < 4.78 is 21.8. The minimum atomic E-state index is -0.323. The molecule has 0 bridgehead atoms. The number of hydrogen-bond acceptors (Lipinski definition) is 6. The van der Waals surface area contributed by atoms with Gasteiger partial charge in [-0.2, -0.15) is 0 Å². The fourth-order valence-corrected chi connectivity index (χ4v) is 3.26. The van der Waals surface area contributed by atoms with E-state index in [4.69, 9.17) is 18.6 Å². The van der Waals surface area contributed by atoms with E-state index in [0.717, 1.165) is 11.3 Å². The Hall–Kier alpha value is -4.26. The molecule has 1 amide bonds. The van der Waals surface area contributed by atoms with Gasteiger partial charge >= 0.3 is 0 Å². The van der Waals surface area contributed by atoms with Crippen molar-refractivity contribution in [1.29, 1.82) is 0 Å². The summed E-state index contributed by atoms with van der Waals surface area (Å²) in [5, 5.41) is 2.89. The van der Waals surface area contributed by atoms with Crippen LogP contribution in [0, 0.1) is 0 Å². The Morgan fingerprint density at radius 2 is 1.59 bits per heavy atom. The minimum Gasteiger partial charge on any atom is -0.497 e. The molecule has 7 heteroatoms. The van der Waals surface area contributed by atoms with E-state index >= 15 is 0 Å². The normalized spacial score (nSPS) is 10.5. The number of hydrogen-bond donors (Lipinski definition) is 1. The molecule has 1 N–H and O–H groups in total. The molecule has 1 heterocycles. The zero-order valence-corrected chi connectivity index (χ0v) is 17.9. The second kappa shape index (κ2) is 9.26. The maximum atomic E-state index is 13.1. The van der Waals surface area contributed by atoms with Crippen molar-refractivity contribution in [3.8, 4) is 40.0 Å². The number of carbonyl (C=O) groups is 1. The SMILES string of the molecule is COc1ccc(-c2cnc(-c3ccccc3C(=O)Nc3cc(OC)ccc3OC)o2)cc1. The predicted octanol–water partition coefficient (Wildman–Crippen LogP) is 5.29. The van der Waals surface area contributed by atoms with E-state index in [1.54, 1.807) is 63.9 Å². The van der Waals surface area contributed by atoms with Crippen molar-refractivity contribution >= 4 is 11.6 Å². The number of benzene rings is 3. The zero-order chi connectivity index (χ0) is 22.5. The van der Waals surface area contributed by atoms with Crippen LogP contribution in [0.15, 0.2) is 77.3 Å². The van der Waals surface area contributed by atoms with E-state index in [1.807, 2.05) is 30.3 Å². The van der Waals surface area contributed by atoms with Crippen molar-refractivity contribution in [2.75, 3.05) is 26.6 Å². The monoisotopic (exact) mass is 430 g/mol. The van der Waals surface area contributed by atoms with Gasteiger partial charge in [-0.3, -0.25) is 4.79 Å². The number of aromatic nitrogens is 1. The Morgan fingerprint density at radius 3 is 2.31 bits per heavy atom. The first-order chi connectivity index (χ1) is 15.6. The fraction of sp³-hybridized carbons (Fsp3) is 0.120. The third kappa shape index (κ3) is 4.27. The highest BCUT2D eigenvalue weighted by molar-refractivity contribution is 6.08. The number of oxazole rings is 1. The molecule has 1 aromatic heterocycles. The van der Waals surface area contributed by atoms with Gasteiger partial charge in [0.1, 0.15) is 17.2 Å². The number of anilines is 1. The highest BCUT2D eigenvalue weighted by Crippen LogP contribution is 2.32. The lowest BCUT2D eigenvalue weighted by molar-refractivity contribution is 0.102. The Balaban J connectivity index is 1.64. The van der Waals surface area contributed by atoms with Crippen LogP contribution < -0.4 is 19.5 Å². The molecule has 0 aliphatic carbocycles. The maximum absolute atomic E-state index is 13.1. The molecule has 0 spiro atoms. The molecule has 0 aliphatic rings. The summed E-state index contributed by atoms with van der Waals surface area (Å²) >= 11 is 0. The number of nitrogens with zero attached hydrogens (tertiary/aromatic N) is 1. The molecule has 32 heavy (non-hydrogen) atoms. The van der Waals surface area contributed by atoms with Crippen LogP contribution in [-0.2, 0) is 0 Å². The predicted molar refractivity (Wildman–Crippen MR) is 121 cm³/mol. The molecule has 162 valence electrons. The first kappa shape index (κ1) is 21.0. The number of methoxy groups -OCH3 is 3. The molecule has 4 aromatic rings. The van der Waals surface area contributed by atoms with Crippen molar-refractivity contribution in [3.63, 3.8) is 0 Å². The average Bonchev–Trinajstić information content (AvgIpc) is 3.34. The summed E-state index contributed by atoms with van der Waals surface area (Å²) in [7, 11) is 4.72. The topological polar surface area (TPSA) is 82.8 Å². The maximum Gasteiger partial charge on any atom is 0.256 e. The van der Waals surface area contributed by atoms with Crippen LogP contribution in [0.4, 0.5) is 5.69 Å². The van der Waals surface area contributed by atoms with Gasteiger partial charge in [-0.05, 0) is 48.5 Å². The summed E-state index contributed by atoms with van der Waals surface area (Å²) in [6, 6.07) is 19.8. The molecule has 0 unspecified atom stereocenters. The van der Waals surface area contributed by atoms with Crippen molar-refractivity contribution in [3.05, 3.63) is 78.5 Å². The molecule has 0 aliphatic heterocycles. The van der Waals surface area contributed by atoms with Crippen LogP contribution in [0.5, 0.6) is 17.2 Å². The third-order valence-electron chi connectivity index (χ3n) is 4.94. The van der Waals surface area contributed by atoms with Gasteiger partial charge in [0.25, 0.3) is 5.91 Å². The van der Waals surface area contributed by atoms with Crippen LogP contribution in [0.2, 0.25) is 0 Å². The number of ether oxygens (including phenoxy) is 3. The van der Waals surface area contributed by atoms with Gasteiger partial charge in [0.15, 0.2) is 5.76 Å².